The first kappa shape index (κ1) is 11.6. The van der Waals surface area contributed by atoms with E-state index in [-0.39, 0.29) is 29.6 Å². The zero-order valence-electron chi connectivity index (χ0n) is 6.90. The second-order valence-corrected chi connectivity index (χ2v) is 2.23. The van der Waals surface area contributed by atoms with Gasteiger partial charge in [0.25, 0.3) is 0 Å². The van der Waals surface area contributed by atoms with Crippen LogP contribution in [0.3, 0.4) is 0 Å². The summed E-state index contributed by atoms with van der Waals surface area (Å²) in [6.07, 6.45) is 0. The maximum absolute atomic E-state index is 10.4. The molecule has 4 heteroatoms. The standard InChI is InChI=1S/C8H9NO2.Na/c9-7(8(10)11)6-4-2-1-3-5-6;/h1-5,7H,9H2,(H,10,11);. The first-order valence-corrected chi connectivity index (χ1v) is 3.25. The average Bonchev–Trinajstić information content (AvgIpc) is 2.05. The van der Waals surface area contributed by atoms with Crippen LogP contribution >= 0.6 is 0 Å². The number of hydrogen-bond donors (Lipinski definition) is 2. The first-order valence-electron chi connectivity index (χ1n) is 3.25. The van der Waals surface area contributed by atoms with Crippen molar-refractivity contribution in [3.63, 3.8) is 0 Å². The van der Waals surface area contributed by atoms with Gasteiger partial charge in [0, 0.05) is 29.6 Å². The van der Waals surface area contributed by atoms with Crippen LogP contribution in [-0.2, 0) is 4.79 Å². The summed E-state index contributed by atoms with van der Waals surface area (Å²) in [7, 11) is 0. The van der Waals surface area contributed by atoms with Gasteiger partial charge in [0.15, 0.2) is 0 Å². The van der Waals surface area contributed by atoms with E-state index < -0.39 is 12.0 Å². The van der Waals surface area contributed by atoms with Crippen LogP contribution in [0.15, 0.2) is 30.3 Å². The molecule has 59 valence electrons. The number of aliphatic carboxylic acids is 1. The Morgan fingerprint density at radius 1 is 1.33 bits per heavy atom. The summed E-state index contributed by atoms with van der Waals surface area (Å²) in [5.41, 5.74) is 5.96. The molecular formula is C8H9NNaO2. The Morgan fingerprint density at radius 3 is 2.25 bits per heavy atom. The van der Waals surface area contributed by atoms with Crippen molar-refractivity contribution in [1.29, 1.82) is 0 Å². The molecule has 1 unspecified atom stereocenters. The van der Waals surface area contributed by atoms with Gasteiger partial charge in [-0.25, -0.2) is 0 Å². The summed E-state index contributed by atoms with van der Waals surface area (Å²) >= 11 is 0. The van der Waals surface area contributed by atoms with Gasteiger partial charge in [0.2, 0.25) is 0 Å². The molecule has 3 N–H and O–H groups in total. The summed E-state index contributed by atoms with van der Waals surface area (Å²) in [4.78, 5) is 10.4. The third-order valence-electron chi connectivity index (χ3n) is 1.42. The van der Waals surface area contributed by atoms with Gasteiger partial charge in [-0.15, -0.1) is 0 Å². The largest absolute Gasteiger partial charge is 0.480 e. The third-order valence-corrected chi connectivity index (χ3v) is 1.42. The summed E-state index contributed by atoms with van der Waals surface area (Å²) < 4.78 is 0. The van der Waals surface area contributed by atoms with E-state index in [4.69, 9.17) is 10.8 Å². The molecule has 0 aliphatic heterocycles. The van der Waals surface area contributed by atoms with E-state index in [0.29, 0.717) is 5.56 Å². The number of carboxylic acids is 1. The molecule has 0 aliphatic rings. The predicted octanol–water partition coefficient (Wildman–Crippen LogP) is 0.390. The molecule has 1 aromatic carbocycles. The summed E-state index contributed by atoms with van der Waals surface area (Å²) in [6.45, 7) is 0. The molecule has 0 heterocycles. The monoisotopic (exact) mass is 174 g/mol. The van der Waals surface area contributed by atoms with Crippen molar-refractivity contribution >= 4 is 35.5 Å². The molecule has 1 rings (SSSR count). The van der Waals surface area contributed by atoms with E-state index in [2.05, 4.69) is 0 Å². The smallest absolute Gasteiger partial charge is 0.325 e. The zero-order valence-corrected chi connectivity index (χ0v) is 8.90. The van der Waals surface area contributed by atoms with E-state index >= 15 is 0 Å². The summed E-state index contributed by atoms with van der Waals surface area (Å²) in [5.74, 6) is -1.00. The van der Waals surface area contributed by atoms with E-state index in [1.807, 2.05) is 6.07 Å². The number of carbonyl (C=O) groups is 1. The number of nitrogens with two attached hydrogens (primary N) is 1. The molecule has 0 saturated heterocycles. The Balaban J connectivity index is 0.00000121. The molecule has 3 nitrogen and oxygen atoms in total. The minimum absolute atomic E-state index is 0. The van der Waals surface area contributed by atoms with Crippen molar-refractivity contribution in [1.82, 2.24) is 0 Å². The van der Waals surface area contributed by atoms with Crippen LogP contribution in [0, 0.1) is 0 Å². The molecule has 12 heavy (non-hydrogen) atoms. The Bertz CT molecular complexity index is 250. The number of carboxylic acid groups (broad SMARTS) is 1. The number of rotatable bonds is 2. The second kappa shape index (κ2) is 5.32. The van der Waals surface area contributed by atoms with Crippen LogP contribution < -0.4 is 5.73 Å². The minimum atomic E-state index is -1.00. The fourth-order valence-electron chi connectivity index (χ4n) is 0.803. The van der Waals surface area contributed by atoms with Crippen LogP contribution in [0.4, 0.5) is 0 Å². The molecule has 0 saturated carbocycles. The van der Waals surface area contributed by atoms with E-state index in [0.717, 1.165) is 0 Å². The quantitative estimate of drug-likeness (QED) is 0.637. The van der Waals surface area contributed by atoms with Crippen molar-refractivity contribution in [3.8, 4) is 0 Å². The first-order chi connectivity index (χ1) is 5.22. The molecular weight excluding hydrogens is 165 g/mol. The summed E-state index contributed by atoms with van der Waals surface area (Å²) in [5, 5.41) is 8.51. The van der Waals surface area contributed by atoms with Crippen LogP contribution in [0.2, 0.25) is 0 Å². The van der Waals surface area contributed by atoms with Crippen molar-refractivity contribution in [2.24, 2.45) is 5.73 Å². The third kappa shape index (κ3) is 2.95. The van der Waals surface area contributed by atoms with E-state index in [1.165, 1.54) is 0 Å². The van der Waals surface area contributed by atoms with Crippen molar-refractivity contribution in [3.05, 3.63) is 35.9 Å². The normalized spacial score (nSPS) is 11.4. The van der Waals surface area contributed by atoms with Crippen LogP contribution in [0.1, 0.15) is 11.6 Å². The van der Waals surface area contributed by atoms with Gasteiger partial charge in [-0.2, -0.15) is 0 Å². The van der Waals surface area contributed by atoms with Gasteiger partial charge in [-0.3, -0.25) is 4.79 Å². The SMILES string of the molecule is NC(C(=O)O)c1ccccc1.[Na]. The van der Waals surface area contributed by atoms with E-state index in [9.17, 15) is 4.79 Å². The molecule has 0 aromatic heterocycles. The molecule has 0 aliphatic carbocycles. The topological polar surface area (TPSA) is 63.3 Å². The van der Waals surface area contributed by atoms with Gasteiger partial charge in [0.1, 0.15) is 6.04 Å². The summed E-state index contributed by atoms with van der Waals surface area (Å²) in [6, 6.07) is 7.82. The predicted molar refractivity (Wildman–Crippen MR) is 46.8 cm³/mol. The Morgan fingerprint density at radius 2 is 1.83 bits per heavy atom. The molecule has 0 spiro atoms. The molecule has 0 bridgehead atoms. The van der Waals surface area contributed by atoms with Crippen molar-refractivity contribution in [2.45, 2.75) is 6.04 Å². The Kier molecular flexibility index (Phi) is 5.17. The van der Waals surface area contributed by atoms with Crippen LogP contribution in [0.5, 0.6) is 0 Å². The molecule has 1 aromatic rings. The van der Waals surface area contributed by atoms with Gasteiger partial charge in [0.05, 0.1) is 0 Å². The van der Waals surface area contributed by atoms with Crippen molar-refractivity contribution in [2.75, 3.05) is 0 Å². The van der Waals surface area contributed by atoms with Gasteiger partial charge in [-0.1, -0.05) is 30.3 Å². The second-order valence-electron chi connectivity index (χ2n) is 2.23. The van der Waals surface area contributed by atoms with Crippen LogP contribution in [0.25, 0.3) is 0 Å². The minimum Gasteiger partial charge on any atom is -0.480 e. The maximum atomic E-state index is 10.4. The van der Waals surface area contributed by atoms with Gasteiger partial charge >= 0.3 is 5.97 Å². The van der Waals surface area contributed by atoms with Gasteiger partial charge in [-0.05, 0) is 5.56 Å². The number of hydrogen-bond acceptors (Lipinski definition) is 2. The fraction of sp³-hybridized carbons (Fsp3) is 0.125. The maximum Gasteiger partial charge on any atom is 0.325 e. The Labute approximate surface area is 92.9 Å². The zero-order chi connectivity index (χ0) is 8.27. The molecule has 1 radical (unpaired) electrons. The molecule has 0 amide bonds. The Hall–Kier alpha value is -0.350. The molecule has 1 atom stereocenters. The average molecular weight is 174 g/mol. The number of benzene rings is 1. The van der Waals surface area contributed by atoms with Crippen LogP contribution in [-0.4, -0.2) is 40.6 Å². The van der Waals surface area contributed by atoms with E-state index in [1.54, 1.807) is 24.3 Å². The van der Waals surface area contributed by atoms with Gasteiger partial charge < -0.3 is 10.8 Å². The molecule has 0 fully saturated rings. The van der Waals surface area contributed by atoms with Crippen molar-refractivity contribution < 1.29 is 9.90 Å². The fourth-order valence-corrected chi connectivity index (χ4v) is 0.803.